The smallest absolute Gasteiger partial charge is 0.250 e. The largest absolute Gasteiger partial charge is 0.389 e. The van der Waals surface area contributed by atoms with Gasteiger partial charge in [0.15, 0.2) is 0 Å². The zero-order chi connectivity index (χ0) is 16.2. The number of thiophene rings is 1. The lowest BCUT2D eigenvalue weighted by Gasteiger charge is -2.23. The molecule has 0 amide bonds. The number of halogens is 1. The topological polar surface area (TPSA) is 66.4 Å². The Labute approximate surface area is 139 Å². The lowest BCUT2D eigenvalue weighted by Crippen LogP contribution is -2.40. The van der Waals surface area contributed by atoms with Crippen molar-refractivity contribution in [2.24, 2.45) is 0 Å². The zero-order valence-corrected chi connectivity index (χ0v) is 14.5. The minimum atomic E-state index is -3.63. The Morgan fingerprint density at radius 2 is 1.91 bits per heavy atom. The van der Waals surface area contributed by atoms with Crippen molar-refractivity contribution in [2.45, 2.75) is 29.6 Å². The molecular weight excluding hydrogens is 342 g/mol. The lowest BCUT2D eigenvalue weighted by molar-refractivity contribution is 0.0565. The molecule has 2 aromatic rings. The van der Waals surface area contributed by atoms with Crippen LogP contribution >= 0.6 is 22.9 Å². The summed E-state index contributed by atoms with van der Waals surface area (Å²) >= 11 is 6.74. The van der Waals surface area contributed by atoms with Gasteiger partial charge in [-0.15, -0.1) is 11.3 Å². The first kappa shape index (κ1) is 17.4. The first-order valence-electron chi connectivity index (χ1n) is 6.80. The van der Waals surface area contributed by atoms with Crippen molar-refractivity contribution in [1.82, 2.24) is 4.72 Å². The van der Waals surface area contributed by atoms with Crippen LogP contribution in [0.25, 0.3) is 0 Å². The number of rotatable bonds is 7. The van der Waals surface area contributed by atoms with Crippen LogP contribution in [0.5, 0.6) is 0 Å². The van der Waals surface area contributed by atoms with E-state index < -0.39 is 15.6 Å². The molecule has 7 heteroatoms. The minimum Gasteiger partial charge on any atom is -0.389 e. The molecule has 1 unspecified atom stereocenters. The van der Waals surface area contributed by atoms with Crippen LogP contribution in [0.4, 0.5) is 0 Å². The van der Waals surface area contributed by atoms with Crippen molar-refractivity contribution < 1.29 is 13.5 Å². The first-order chi connectivity index (χ1) is 10.3. The molecular formula is C15H18ClNO3S2. The molecule has 1 aromatic heterocycles. The Kier molecular flexibility index (Phi) is 5.63. The molecule has 4 nitrogen and oxygen atoms in total. The highest BCUT2D eigenvalue weighted by Gasteiger charge is 2.25. The zero-order valence-electron chi connectivity index (χ0n) is 12.1. The van der Waals surface area contributed by atoms with E-state index in [1.807, 2.05) is 30.3 Å². The van der Waals surface area contributed by atoms with E-state index in [2.05, 4.69) is 4.72 Å². The fraction of sp³-hybridized carbons (Fsp3) is 0.333. The summed E-state index contributed by atoms with van der Waals surface area (Å²) in [5, 5.41) is 10.3. The third kappa shape index (κ3) is 5.07. The Bertz CT molecular complexity index is 711. The van der Waals surface area contributed by atoms with Crippen LogP contribution in [0.15, 0.2) is 46.7 Å². The standard InChI is InChI=1S/C15H18ClNO3S2/c1-15(18,10-9-12-5-3-2-4-6-12)11-17-22(19,20)14-8-7-13(16)21-14/h2-8,17-18H,9-11H2,1H3. The monoisotopic (exact) mass is 359 g/mol. The molecule has 0 radical (unpaired) electrons. The van der Waals surface area contributed by atoms with Gasteiger partial charge in [-0.3, -0.25) is 0 Å². The second kappa shape index (κ2) is 7.10. The molecule has 0 aliphatic heterocycles. The van der Waals surface area contributed by atoms with Gasteiger partial charge in [0.2, 0.25) is 10.0 Å². The summed E-state index contributed by atoms with van der Waals surface area (Å²) < 4.78 is 27.2. The maximum absolute atomic E-state index is 12.1. The van der Waals surface area contributed by atoms with Crippen LogP contribution < -0.4 is 4.72 Å². The van der Waals surface area contributed by atoms with Crippen molar-refractivity contribution in [3.8, 4) is 0 Å². The molecule has 0 saturated carbocycles. The molecule has 2 N–H and O–H groups in total. The lowest BCUT2D eigenvalue weighted by atomic mass is 9.97. The molecule has 1 atom stereocenters. The average Bonchev–Trinajstić information content (AvgIpc) is 2.92. The number of hydrogen-bond acceptors (Lipinski definition) is 4. The SMILES string of the molecule is CC(O)(CCc1ccccc1)CNS(=O)(=O)c1ccc(Cl)s1. The third-order valence-electron chi connectivity index (χ3n) is 3.25. The van der Waals surface area contributed by atoms with Crippen molar-refractivity contribution >= 4 is 33.0 Å². The summed E-state index contributed by atoms with van der Waals surface area (Å²) in [6.45, 7) is 1.58. The quantitative estimate of drug-likeness (QED) is 0.798. The summed E-state index contributed by atoms with van der Waals surface area (Å²) in [6, 6.07) is 12.8. The molecule has 120 valence electrons. The van der Waals surface area contributed by atoms with Gasteiger partial charge >= 0.3 is 0 Å². The van der Waals surface area contributed by atoms with Crippen LogP contribution in [0.2, 0.25) is 4.34 Å². The normalized spacial score (nSPS) is 14.7. The van der Waals surface area contributed by atoms with E-state index in [4.69, 9.17) is 11.6 Å². The first-order valence-corrected chi connectivity index (χ1v) is 9.48. The van der Waals surface area contributed by atoms with E-state index in [1.165, 1.54) is 12.1 Å². The molecule has 1 heterocycles. The summed E-state index contributed by atoms with van der Waals surface area (Å²) in [6.07, 6.45) is 1.14. The van der Waals surface area contributed by atoms with E-state index >= 15 is 0 Å². The molecule has 0 aliphatic carbocycles. The average molecular weight is 360 g/mol. The van der Waals surface area contributed by atoms with Crippen LogP contribution in [0.1, 0.15) is 18.9 Å². The summed E-state index contributed by atoms with van der Waals surface area (Å²) in [5.41, 5.74) is -0.0140. The van der Waals surface area contributed by atoms with Gasteiger partial charge in [-0.25, -0.2) is 13.1 Å². The van der Waals surface area contributed by atoms with Gasteiger partial charge < -0.3 is 5.11 Å². The van der Waals surface area contributed by atoms with Crippen LogP contribution in [0, 0.1) is 0 Å². The second-order valence-electron chi connectivity index (χ2n) is 5.37. The third-order valence-corrected chi connectivity index (χ3v) is 6.38. The van der Waals surface area contributed by atoms with E-state index in [0.29, 0.717) is 17.2 Å². The molecule has 0 spiro atoms. The molecule has 0 bridgehead atoms. The van der Waals surface area contributed by atoms with Gasteiger partial charge in [0, 0.05) is 6.54 Å². The number of benzene rings is 1. The molecule has 0 saturated heterocycles. The summed E-state index contributed by atoms with van der Waals surface area (Å²) in [4.78, 5) is 0. The van der Waals surface area contributed by atoms with E-state index in [-0.39, 0.29) is 10.8 Å². The van der Waals surface area contributed by atoms with Gasteiger partial charge in [0.25, 0.3) is 0 Å². The van der Waals surface area contributed by atoms with E-state index in [0.717, 1.165) is 16.9 Å². The predicted octanol–water partition coefficient (Wildman–Crippen LogP) is 3.06. The predicted molar refractivity (Wildman–Crippen MR) is 89.9 cm³/mol. The Balaban J connectivity index is 1.91. The number of nitrogens with one attached hydrogen (secondary N) is 1. The highest BCUT2D eigenvalue weighted by atomic mass is 35.5. The van der Waals surface area contributed by atoms with Crippen LogP contribution in [0.3, 0.4) is 0 Å². The van der Waals surface area contributed by atoms with Crippen molar-refractivity contribution in [3.63, 3.8) is 0 Å². The van der Waals surface area contributed by atoms with Gasteiger partial charge in [-0.1, -0.05) is 41.9 Å². The number of sulfonamides is 1. The molecule has 1 aromatic carbocycles. The maximum Gasteiger partial charge on any atom is 0.250 e. The van der Waals surface area contributed by atoms with Crippen molar-refractivity contribution in [3.05, 3.63) is 52.4 Å². The fourth-order valence-corrected chi connectivity index (χ4v) is 4.60. The van der Waals surface area contributed by atoms with Gasteiger partial charge in [0.1, 0.15) is 4.21 Å². The van der Waals surface area contributed by atoms with Crippen molar-refractivity contribution in [2.75, 3.05) is 6.54 Å². The fourth-order valence-electron chi connectivity index (χ4n) is 1.91. The maximum atomic E-state index is 12.1. The Hall–Kier alpha value is -0.920. The highest BCUT2D eigenvalue weighted by Crippen LogP contribution is 2.25. The van der Waals surface area contributed by atoms with E-state index in [9.17, 15) is 13.5 Å². The molecule has 0 fully saturated rings. The number of hydrogen-bond donors (Lipinski definition) is 2. The highest BCUT2D eigenvalue weighted by molar-refractivity contribution is 7.91. The molecule has 2 rings (SSSR count). The van der Waals surface area contributed by atoms with Gasteiger partial charge in [-0.2, -0.15) is 0 Å². The Morgan fingerprint density at radius 1 is 1.23 bits per heavy atom. The Morgan fingerprint density at radius 3 is 2.50 bits per heavy atom. The van der Waals surface area contributed by atoms with Gasteiger partial charge in [0.05, 0.1) is 9.94 Å². The van der Waals surface area contributed by atoms with Crippen molar-refractivity contribution in [1.29, 1.82) is 0 Å². The van der Waals surface area contributed by atoms with E-state index in [1.54, 1.807) is 6.92 Å². The minimum absolute atomic E-state index is 0.0440. The molecule has 22 heavy (non-hydrogen) atoms. The molecule has 0 aliphatic rings. The second-order valence-corrected chi connectivity index (χ2v) is 9.07. The number of aliphatic hydroxyl groups is 1. The van der Waals surface area contributed by atoms with Gasteiger partial charge in [-0.05, 0) is 37.5 Å². The number of aryl methyl sites for hydroxylation is 1. The summed E-state index contributed by atoms with van der Waals surface area (Å²) in [5.74, 6) is 0. The summed E-state index contributed by atoms with van der Waals surface area (Å²) in [7, 11) is -3.63. The van der Waals surface area contributed by atoms with Crippen LogP contribution in [-0.4, -0.2) is 25.7 Å². The van der Waals surface area contributed by atoms with Crippen LogP contribution in [-0.2, 0) is 16.4 Å².